The van der Waals surface area contributed by atoms with Gasteiger partial charge in [-0.3, -0.25) is 24.0 Å². The first kappa shape index (κ1) is 23.9. The maximum absolute atomic E-state index is 12.7. The summed E-state index contributed by atoms with van der Waals surface area (Å²) in [7, 11) is 6.27. The third kappa shape index (κ3) is 5.75. The van der Waals surface area contributed by atoms with Crippen molar-refractivity contribution in [1.29, 1.82) is 0 Å². The van der Waals surface area contributed by atoms with Gasteiger partial charge in [-0.25, -0.2) is 0 Å². The van der Waals surface area contributed by atoms with Gasteiger partial charge in [0.25, 0.3) is 11.1 Å². The van der Waals surface area contributed by atoms with Crippen molar-refractivity contribution in [1.82, 2.24) is 20.0 Å². The van der Waals surface area contributed by atoms with Crippen LogP contribution in [0.15, 0.2) is 35.5 Å². The molecule has 0 unspecified atom stereocenters. The van der Waals surface area contributed by atoms with Gasteiger partial charge in [0.05, 0.1) is 32.4 Å². The number of imide groups is 1. The number of nitrogens with one attached hydrogen (secondary N) is 1. The first-order chi connectivity index (χ1) is 15.9. The van der Waals surface area contributed by atoms with Gasteiger partial charge in [0, 0.05) is 38.0 Å². The van der Waals surface area contributed by atoms with E-state index < -0.39 is 11.1 Å². The summed E-state index contributed by atoms with van der Waals surface area (Å²) in [5.41, 5.74) is 1.40. The van der Waals surface area contributed by atoms with Crippen LogP contribution < -0.4 is 19.5 Å². The van der Waals surface area contributed by atoms with Crippen molar-refractivity contribution < 1.29 is 28.6 Å². The van der Waals surface area contributed by atoms with Crippen LogP contribution >= 0.6 is 11.8 Å². The normalized spacial score (nSPS) is 14.9. The number of hydrogen-bond donors (Lipinski definition) is 1. The zero-order valence-corrected chi connectivity index (χ0v) is 19.5. The quantitative estimate of drug-likeness (QED) is 0.554. The number of thioether (sulfide) groups is 1. The fourth-order valence-corrected chi connectivity index (χ4v) is 3.94. The first-order valence-corrected chi connectivity index (χ1v) is 10.7. The molecule has 1 N–H and O–H groups in total. The number of aromatic nitrogens is 2. The smallest absolute Gasteiger partial charge is 0.293 e. The Morgan fingerprint density at radius 1 is 1.12 bits per heavy atom. The Balaban J connectivity index is 1.63. The lowest BCUT2D eigenvalue weighted by molar-refractivity contribution is -0.123. The molecule has 3 amide bonds. The molecule has 3 rings (SSSR count). The van der Waals surface area contributed by atoms with Gasteiger partial charge >= 0.3 is 0 Å². The van der Waals surface area contributed by atoms with Gasteiger partial charge in [0.1, 0.15) is 0 Å². The number of ether oxygens (including phenoxy) is 3. The molecule has 0 atom stereocenters. The Morgan fingerprint density at radius 2 is 1.82 bits per heavy atom. The predicted octanol–water partition coefficient (Wildman–Crippen LogP) is 2.31. The van der Waals surface area contributed by atoms with E-state index in [1.54, 1.807) is 48.4 Å². The summed E-state index contributed by atoms with van der Waals surface area (Å²) < 4.78 is 17.6. The first-order valence-electron chi connectivity index (χ1n) is 9.86. The molecule has 2 aromatic rings. The molecule has 11 heteroatoms. The fourth-order valence-electron chi connectivity index (χ4n) is 3.08. The minimum absolute atomic E-state index is 0.0593. The number of aryl methyl sites for hydroxylation is 1. The molecule has 2 heterocycles. The SMILES string of the molecule is COc1cc(/C=C2\SC(=O)N(CCNC(=O)/C=C/c3cnn(C)c3)C2=O)cc(OC)c1OC. The molecule has 0 spiro atoms. The van der Waals surface area contributed by atoms with E-state index >= 15 is 0 Å². The highest BCUT2D eigenvalue weighted by Gasteiger charge is 2.34. The summed E-state index contributed by atoms with van der Waals surface area (Å²) in [5, 5.41) is 6.27. The molecule has 0 radical (unpaired) electrons. The molecule has 1 aromatic heterocycles. The molecule has 1 aromatic carbocycles. The third-order valence-corrected chi connectivity index (χ3v) is 5.55. The second-order valence-corrected chi connectivity index (χ2v) is 7.86. The zero-order chi connectivity index (χ0) is 24.0. The fraction of sp³-hybridized carbons (Fsp3) is 0.273. The van der Waals surface area contributed by atoms with Crippen molar-refractivity contribution >= 4 is 41.0 Å². The molecule has 1 saturated heterocycles. The summed E-state index contributed by atoms with van der Waals surface area (Å²) in [6, 6.07) is 3.37. The van der Waals surface area contributed by atoms with Gasteiger partial charge in [-0.1, -0.05) is 0 Å². The Kier molecular flexibility index (Phi) is 7.78. The largest absolute Gasteiger partial charge is 0.493 e. The Labute approximate surface area is 195 Å². The maximum atomic E-state index is 12.7. The highest BCUT2D eigenvalue weighted by molar-refractivity contribution is 8.18. The zero-order valence-electron chi connectivity index (χ0n) is 18.7. The van der Waals surface area contributed by atoms with Crippen molar-refractivity contribution in [2.45, 2.75) is 0 Å². The van der Waals surface area contributed by atoms with Gasteiger partial charge in [-0.15, -0.1) is 0 Å². The number of methoxy groups -OCH3 is 3. The lowest BCUT2D eigenvalue weighted by Crippen LogP contribution is -2.36. The molecule has 1 aliphatic rings. The molecule has 33 heavy (non-hydrogen) atoms. The van der Waals surface area contributed by atoms with Gasteiger partial charge in [-0.2, -0.15) is 5.10 Å². The van der Waals surface area contributed by atoms with Crippen LogP contribution in [-0.4, -0.2) is 66.2 Å². The van der Waals surface area contributed by atoms with Crippen LogP contribution in [0, 0.1) is 0 Å². The number of hydrogen-bond acceptors (Lipinski definition) is 8. The molecule has 0 aliphatic carbocycles. The number of rotatable bonds is 9. The van der Waals surface area contributed by atoms with Gasteiger partial charge in [0.2, 0.25) is 11.7 Å². The highest BCUT2D eigenvalue weighted by atomic mass is 32.2. The predicted molar refractivity (Wildman–Crippen MR) is 124 cm³/mol. The second-order valence-electron chi connectivity index (χ2n) is 6.86. The lowest BCUT2D eigenvalue weighted by atomic mass is 10.1. The van der Waals surface area contributed by atoms with Gasteiger partial charge < -0.3 is 19.5 Å². The van der Waals surface area contributed by atoms with Crippen molar-refractivity contribution in [3.05, 3.63) is 46.6 Å². The highest BCUT2D eigenvalue weighted by Crippen LogP contribution is 2.40. The van der Waals surface area contributed by atoms with Crippen molar-refractivity contribution in [3.8, 4) is 17.2 Å². The standard InChI is InChI=1S/C22H24N4O6S/c1-25-13-14(12-24-25)5-6-19(27)23-7-8-26-21(28)18(33-22(26)29)11-15-9-16(30-2)20(32-4)17(10-15)31-3/h5-6,9-13H,7-8H2,1-4H3,(H,23,27)/b6-5+,18-11-. The molecule has 0 saturated carbocycles. The number of nitrogens with zero attached hydrogens (tertiary/aromatic N) is 3. The van der Waals surface area contributed by atoms with Crippen LogP contribution in [0.2, 0.25) is 0 Å². The van der Waals surface area contributed by atoms with E-state index in [-0.39, 0.29) is 23.9 Å². The summed E-state index contributed by atoms with van der Waals surface area (Å²) in [4.78, 5) is 38.4. The van der Waals surface area contributed by atoms with Crippen LogP contribution in [0.1, 0.15) is 11.1 Å². The third-order valence-electron chi connectivity index (χ3n) is 4.65. The summed E-state index contributed by atoms with van der Waals surface area (Å²) in [6.07, 6.45) is 7.98. The molecule has 174 valence electrons. The number of amides is 3. The molecule has 10 nitrogen and oxygen atoms in total. The van der Waals surface area contributed by atoms with Gasteiger partial charge in [0.15, 0.2) is 11.5 Å². The van der Waals surface area contributed by atoms with E-state index in [1.165, 1.54) is 27.4 Å². The topological polar surface area (TPSA) is 112 Å². The molecular weight excluding hydrogens is 448 g/mol. The van der Waals surface area contributed by atoms with Crippen molar-refractivity contribution in [3.63, 3.8) is 0 Å². The van der Waals surface area contributed by atoms with Crippen LogP contribution in [0.25, 0.3) is 12.2 Å². The van der Waals surface area contributed by atoms with E-state index in [1.807, 2.05) is 0 Å². The van der Waals surface area contributed by atoms with E-state index in [2.05, 4.69) is 10.4 Å². The van der Waals surface area contributed by atoms with Crippen LogP contribution in [0.4, 0.5) is 4.79 Å². The van der Waals surface area contributed by atoms with Crippen LogP contribution in [0.5, 0.6) is 17.2 Å². The van der Waals surface area contributed by atoms with Crippen LogP contribution in [-0.2, 0) is 16.6 Å². The number of carbonyl (C=O) groups is 3. The average molecular weight is 473 g/mol. The van der Waals surface area contributed by atoms with E-state index in [0.29, 0.717) is 22.8 Å². The number of carbonyl (C=O) groups excluding carboxylic acids is 3. The van der Waals surface area contributed by atoms with Crippen LogP contribution in [0.3, 0.4) is 0 Å². The summed E-state index contributed by atoms with van der Waals surface area (Å²) >= 11 is 0.832. The van der Waals surface area contributed by atoms with Gasteiger partial charge in [-0.05, 0) is 41.6 Å². The van der Waals surface area contributed by atoms with Crippen molar-refractivity contribution in [2.24, 2.45) is 7.05 Å². The minimum atomic E-state index is -0.432. The van der Waals surface area contributed by atoms with E-state index in [9.17, 15) is 14.4 Å². The molecular formula is C22H24N4O6S. The Hall–Kier alpha value is -3.73. The lowest BCUT2D eigenvalue weighted by Gasteiger charge is -2.13. The molecule has 1 fully saturated rings. The molecule has 0 bridgehead atoms. The second kappa shape index (κ2) is 10.7. The Morgan fingerprint density at radius 3 is 2.39 bits per heavy atom. The van der Waals surface area contributed by atoms with E-state index in [4.69, 9.17) is 14.2 Å². The number of benzene rings is 1. The Bertz CT molecular complexity index is 1100. The monoisotopic (exact) mass is 472 g/mol. The van der Waals surface area contributed by atoms with E-state index in [0.717, 1.165) is 22.2 Å². The minimum Gasteiger partial charge on any atom is -0.493 e. The maximum Gasteiger partial charge on any atom is 0.293 e. The summed E-state index contributed by atoms with van der Waals surface area (Å²) in [6.45, 7) is 0.190. The molecule has 1 aliphatic heterocycles. The summed E-state index contributed by atoms with van der Waals surface area (Å²) in [5.74, 6) is 0.532. The van der Waals surface area contributed by atoms with Crippen molar-refractivity contribution in [2.75, 3.05) is 34.4 Å². The average Bonchev–Trinajstić information content (AvgIpc) is 3.34.